The zero-order valence-electron chi connectivity index (χ0n) is 9.82. The van der Waals surface area contributed by atoms with Gasteiger partial charge in [-0.3, -0.25) is 4.68 Å². The van der Waals surface area contributed by atoms with E-state index in [4.69, 9.17) is 5.73 Å². The van der Waals surface area contributed by atoms with Crippen LogP contribution in [0, 0.1) is 12.3 Å². The van der Waals surface area contributed by atoms with Gasteiger partial charge in [0, 0.05) is 24.7 Å². The minimum absolute atomic E-state index is 0.129. The number of aryl methyl sites for hydroxylation is 2. The third-order valence-electron chi connectivity index (χ3n) is 3.17. The second kappa shape index (κ2) is 4.77. The molecule has 0 saturated carbocycles. The first kappa shape index (κ1) is 12.2. The summed E-state index contributed by atoms with van der Waals surface area (Å²) in [5, 5.41) is 13.7. The van der Waals surface area contributed by atoms with E-state index in [1.807, 2.05) is 18.7 Å². The topological polar surface area (TPSA) is 64.1 Å². The maximum atomic E-state index is 9.43. The number of aromatic nitrogens is 2. The molecule has 0 aliphatic rings. The van der Waals surface area contributed by atoms with E-state index in [0.29, 0.717) is 6.54 Å². The quantitative estimate of drug-likeness (QED) is 0.750. The molecule has 0 fully saturated rings. The van der Waals surface area contributed by atoms with Crippen LogP contribution in [0.2, 0.25) is 0 Å². The molecule has 1 unspecified atom stereocenters. The van der Waals surface area contributed by atoms with Gasteiger partial charge >= 0.3 is 0 Å². The summed E-state index contributed by atoms with van der Waals surface area (Å²) in [7, 11) is 1.93. The number of aliphatic hydroxyl groups is 1. The summed E-state index contributed by atoms with van der Waals surface area (Å²) in [5.74, 6) is 0. The molecule has 86 valence electrons. The molecule has 0 bridgehead atoms. The van der Waals surface area contributed by atoms with Crippen LogP contribution in [0.3, 0.4) is 0 Å². The second-order valence-corrected chi connectivity index (χ2v) is 4.29. The second-order valence-electron chi connectivity index (χ2n) is 4.29. The van der Waals surface area contributed by atoms with E-state index in [2.05, 4.69) is 18.1 Å². The van der Waals surface area contributed by atoms with Crippen molar-refractivity contribution in [2.45, 2.75) is 26.7 Å². The Bertz CT molecular complexity index is 307. The Morgan fingerprint density at radius 2 is 2.27 bits per heavy atom. The van der Waals surface area contributed by atoms with Gasteiger partial charge in [0.15, 0.2) is 0 Å². The summed E-state index contributed by atoms with van der Waals surface area (Å²) in [5.41, 5.74) is 7.69. The Kier molecular flexibility index (Phi) is 3.88. The van der Waals surface area contributed by atoms with Gasteiger partial charge in [-0.15, -0.1) is 0 Å². The summed E-state index contributed by atoms with van der Waals surface area (Å²) >= 11 is 0. The van der Waals surface area contributed by atoms with Crippen LogP contribution < -0.4 is 5.73 Å². The molecule has 1 atom stereocenters. The van der Waals surface area contributed by atoms with Crippen LogP contribution in [0.5, 0.6) is 0 Å². The van der Waals surface area contributed by atoms with Gasteiger partial charge in [-0.05, 0) is 25.8 Å². The number of rotatable bonds is 5. The molecule has 1 rings (SSSR count). The molecule has 0 aromatic carbocycles. The highest BCUT2D eigenvalue weighted by Gasteiger charge is 2.27. The molecule has 1 heterocycles. The van der Waals surface area contributed by atoms with Crippen molar-refractivity contribution < 1.29 is 5.11 Å². The lowest BCUT2D eigenvalue weighted by atomic mass is 9.81. The van der Waals surface area contributed by atoms with Crippen molar-refractivity contribution in [1.82, 2.24) is 9.78 Å². The standard InChI is InChI=1S/C11H21N3O/c1-4-11(7-12,8-15)6-10-5-9(2)13-14(10)3/h5,15H,4,6-8,12H2,1-3H3. The molecular weight excluding hydrogens is 190 g/mol. The Morgan fingerprint density at radius 1 is 1.60 bits per heavy atom. The molecule has 0 amide bonds. The molecule has 0 spiro atoms. The number of nitrogens with zero attached hydrogens (tertiary/aromatic N) is 2. The average molecular weight is 211 g/mol. The predicted molar refractivity (Wildman–Crippen MR) is 60.5 cm³/mol. The van der Waals surface area contributed by atoms with Gasteiger partial charge in [-0.2, -0.15) is 5.10 Å². The molecule has 0 aliphatic heterocycles. The van der Waals surface area contributed by atoms with Crippen LogP contribution in [-0.2, 0) is 13.5 Å². The van der Waals surface area contributed by atoms with Crippen molar-refractivity contribution in [2.24, 2.45) is 18.2 Å². The van der Waals surface area contributed by atoms with Crippen molar-refractivity contribution in [1.29, 1.82) is 0 Å². The third kappa shape index (κ3) is 2.58. The van der Waals surface area contributed by atoms with Crippen LogP contribution in [0.1, 0.15) is 24.7 Å². The Labute approximate surface area is 91.1 Å². The Balaban J connectivity index is 2.87. The van der Waals surface area contributed by atoms with E-state index in [9.17, 15) is 5.11 Å². The summed E-state index contributed by atoms with van der Waals surface area (Å²) in [6, 6.07) is 2.05. The van der Waals surface area contributed by atoms with Gasteiger partial charge in [0.25, 0.3) is 0 Å². The van der Waals surface area contributed by atoms with Crippen molar-refractivity contribution in [3.05, 3.63) is 17.5 Å². The van der Waals surface area contributed by atoms with Gasteiger partial charge in [-0.1, -0.05) is 6.92 Å². The summed E-state index contributed by atoms with van der Waals surface area (Å²) in [6.07, 6.45) is 1.66. The zero-order chi connectivity index (χ0) is 11.5. The van der Waals surface area contributed by atoms with E-state index < -0.39 is 0 Å². The Hall–Kier alpha value is -0.870. The van der Waals surface area contributed by atoms with Crippen LogP contribution in [0.25, 0.3) is 0 Å². The molecule has 1 aromatic rings. The molecule has 0 aliphatic carbocycles. The van der Waals surface area contributed by atoms with E-state index in [1.165, 1.54) is 0 Å². The van der Waals surface area contributed by atoms with Crippen LogP contribution in [0.15, 0.2) is 6.07 Å². The van der Waals surface area contributed by atoms with Crippen molar-refractivity contribution in [3.63, 3.8) is 0 Å². The minimum atomic E-state index is -0.194. The molecule has 4 heteroatoms. The number of nitrogens with two attached hydrogens (primary N) is 1. The highest BCUT2D eigenvalue weighted by molar-refractivity contribution is 5.11. The van der Waals surface area contributed by atoms with Crippen molar-refractivity contribution in [3.8, 4) is 0 Å². The number of aliphatic hydroxyl groups excluding tert-OH is 1. The van der Waals surface area contributed by atoms with E-state index in [-0.39, 0.29) is 12.0 Å². The fourth-order valence-electron chi connectivity index (χ4n) is 1.79. The van der Waals surface area contributed by atoms with Gasteiger partial charge in [0.1, 0.15) is 0 Å². The SMILES string of the molecule is CCC(CN)(CO)Cc1cc(C)nn1C. The normalized spacial score (nSPS) is 15.3. The summed E-state index contributed by atoms with van der Waals surface area (Å²) < 4.78 is 1.87. The number of hydrogen-bond acceptors (Lipinski definition) is 3. The highest BCUT2D eigenvalue weighted by atomic mass is 16.3. The predicted octanol–water partition coefficient (Wildman–Crippen LogP) is 0.618. The first-order chi connectivity index (χ1) is 7.06. The smallest absolute Gasteiger partial charge is 0.0596 e. The van der Waals surface area contributed by atoms with Gasteiger partial charge in [0.2, 0.25) is 0 Å². The summed E-state index contributed by atoms with van der Waals surface area (Å²) in [4.78, 5) is 0. The van der Waals surface area contributed by atoms with E-state index in [1.54, 1.807) is 0 Å². The maximum Gasteiger partial charge on any atom is 0.0596 e. The lowest BCUT2D eigenvalue weighted by molar-refractivity contribution is 0.125. The van der Waals surface area contributed by atoms with Crippen molar-refractivity contribution in [2.75, 3.05) is 13.2 Å². The summed E-state index contributed by atoms with van der Waals surface area (Å²) in [6.45, 7) is 4.67. The molecule has 0 radical (unpaired) electrons. The van der Waals surface area contributed by atoms with Crippen LogP contribution >= 0.6 is 0 Å². The molecule has 1 aromatic heterocycles. The monoisotopic (exact) mass is 211 g/mol. The molecular formula is C11H21N3O. The van der Waals surface area contributed by atoms with Gasteiger partial charge in [-0.25, -0.2) is 0 Å². The molecule has 4 nitrogen and oxygen atoms in total. The average Bonchev–Trinajstić information content (AvgIpc) is 2.54. The number of hydrogen-bond donors (Lipinski definition) is 2. The fourth-order valence-corrected chi connectivity index (χ4v) is 1.79. The minimum Gasteiger partial charge on any atom is -0.396 e. The maximum absolute atomic E-state index is 9.43. The van der Waals surface area contributed by atoms with Crippen LogP contribution in [-0.4, -0.2) is 28.0 Å². The lowest BCUT2D eigenvalue weighted by Crippen LogP contribution is -2.36. The zero-order valence-corrected chi connectivity index (χ0v) is 9.82. The van der Waals surface area contributed by atoms with Crippen LogP contribution in [0.4, 0.5) is 0 Å². The fraction of sp³-hybridized carbons (Fsp3) is 0.727. The molecule has 15 heavy (non-hydrogen) atoms. The highest BCUT2D eigenvalue weighted by Crippen LogP contribution is 2.25. The largest absolute Gasteiger partial charge is 0.396 e. The van der Waals surface area contributed by atoms with Gasteiger partial charge < -0.3 is 10.8 Å². The van der Waals surface area contributed by atoms with Gasteiger partial charge in [0.05, 0.1) is 12.3 Å². The first-order valence-corrected chi connectivity index (χ1v) is 5.37. The lowest BCUT2D eigenvalue weighted by Gasteiger charge is -2.28. The molecule has 3 N–H and O–H groups in total. The van der Waals surface area contributed by atoms with E-state index in [0.717, 1.165) is 24.2 Å². The third-order valence-corrected chi connectivity index (χ3v) is 3.17. The van der Waals surface area contributed by atoms with Crippen molar-refractivity contribution >= 4 is 0 Å². The Morgan fingerprint density at radius 3 is 2.60 bits per heavy atom. The molecule has 0 saturated heterocycles. The van der Waals surface area contributed by atoms with E-state index >= 15 is 0 Å². The first-order valence-electron chi connectivity index (χ1n) is 5.37.